The number of carboxylic acid groups (broad SMARTS) is 1. The van der Waals surface area contributed by atoms with Crippen LogP contribution in [0.25, 0.3) is 0 Å². The molecule has 1 unspecified atom stereocenters. The minimum atomic E-state index is -4.62. The Bertz CT molecular complexity index is 1450. The predicted molar refractivity (Wildman–Crippen MR) is 119 cm³/mol. The first kappa shape index (κ1) is 23.2. The lowest BCUT2D eigenvalue weighted by Gasteiger charge is -2.35. The van der Waals surface area contributed by atoms with Gasteiger partial charge >= 0.3 is 17.8 Å². The first-order valence-corrected chi connectivity index (χ1v) is 10.3. The maximum Gasteiger partial charge on any atom is 0.416 e. The standard InChI is InChI=1S/C24H20F3N3O4/c1-14-15(6-5-8-17(14)24(25,26)27)12-29-20(31)16(21(32)33)13-30(22(29)34)23(2)10-11-28-19-9-4-3-7-18(19)23/h3-9,11,13H,10,12H2,1-2H3,(H,32,33). The van der Waals surface area contributed by atoms with E-state index in [1.165, 1.54) is 19.1 Å². The van der Waals surface area contributed by atoms with Gasteiger partial charge in [-0.05, 0) is 37.1 Å². The summed E-state index contributed by atoms with van der Waals surface area (Å²) >= 11 is 0. The van der Waals surface area contributed by atoms with Gasteiger partial charge in [-0.15, -0.1) is 0 Å². The van der Waals surface area contributed by atoms with E-state index in [9.17, 15) is 32.7 Å². The highest BCUT2D eigenvalue weighted by molar-refractivity contribution is 5.86. The van der Waals surface area contributed by atoms with Gasteiger partial charge in [-0.25, -0.2) is 9.59 Å². The Morgan fingerprint density at radius 2 is 1.85 bits per heavy atom. The number of aromatic nitrogens is 2. The van der Waals surface area contributed by atoms with Crippen molar-refractivity contribution in [3.05, 3.63) is 97.3 Å². The summed E-state index contributed by atoms with van der Waals surface area (Å²) in [6.07, 6.45) is -1.78. The molecule has 1 aliphatic heterocycles. The second-order valence-corrected chi connectivity index (χ2v) is 8.29. The number of benzene rings is 2. The highest BCUT2D eigenvalue weighted by Gasteiger charge is 2.36. The van der Waals surface area contributed by atoms with E-state index in [0.717, 1.165) is 16.8 Å². The van der Waals surface area contributed by atoms with Crippen molar-refractivity contribution in [3.63, 3.8) is 0 Å². The molecule has 3 aromatic rings. The van der Waals surface area contributed by atoms with Gasteiger partial charge in [-0.2, -0.15) is 13.2 Å². The predicted octanol–water partition coefficient (Wildman–Crippen LogP) is 3.95. The Morgan fingerprint density at radius 3 is 2.53 bits per heavy atom. The number of fused-ring (bicyclic) bond motifs is 1. The molecule has 176 valence electrons. The Morgan fingerprint density at radius 1 is 1.15 bits per heavy atom. The zero-order valence-corrected chi connectivity index (χ0v) is 18.3. The smallest absolute Gasteiger partial charge is 0.416 e. The zero-order chi connectivity index (χ0) is 24.8. The Kier molecular flexibility index (Phi) is 5.55. The lowest BCUT2D eigenvalue weighted by molar-refractivity contribution is -0.138. The summed E-state index contributed by atoms with van der Waals surface area (Å²) in [5, 5.41) is 9.65. The number of aromatic carboxylic acids is 1. The molecule has 7 nitrogen and oxygen atoms in total. The summed E-state index contributed by atoms with van der Waals surface area (Å²) in [5.41, 5.74) is -3.37. The fraction of sp³-hybridized carbons (Fsp3) is 0.250. The molecule has 1 atom stereocenters. The summed E-state index contributed by atoms with van der Waals surface area (Å²) in [4.78, 5) is 42.7. The first-order chi connectivity index (χ1) is 15.9. The molecule has 0 aliphatic carbocycles. The van der Waals surface area contributed by atoms with Crippen LogP contribution in [0.1, 0.15) is 46.0 Å². The molecule has 34 heavy (non-hydrogen) atoms. The average molecular weight is 471 g/mol. The molecule has 0 radical (unpaired) electrons. The molecular weight excluding hydrogens is 451 g/mol. The van der Waals surface area contributed by atoms with Crippen LogP contribution in [-0.4, -0.2) is 26.4 Å². The Hall–Kier alpha value is -3.95. The molecule has 2 aromatic carbocycles. The van der Waals surface area contributed by atoms with Crippen molar-refractivity contribution in [3.8, 4) is 0 Å². The van der Waals surface area contributed by atoms with E-state index in [1.54, 1.807) is 37.4 Å². The van der Waals surface area contributed by atoms with Gasteiger partial charge in [0.25, 0.3) is 5.56 Å². The van der Waals surface area contributed by atoms with Gasteiger partial charge in [-0.1, -0.05) is 30.3 Å². The highest BCUT2D eigenvalue weighted by Crippen LogP contribution is 2.38. The maximum absolute atomic E-state index is 13.5. The van der Waals surface area contributed by atoms with E-state index in [1.807, 2.05) is 0 Å². The first-order valence-electron chi connectivity index (χ1n) is 10.3. The van der Waals surface area contributed by atoms with Crippen molar-refractivity contribution in [1.29, 1.82) is 0 Å². The monoisotopic (exact) mass is 471 g/mol. The second-order valence-electron chi connectivity index (χ2n) is 8.29. The third-order valence-corrected chi connectivity index (χ3v) is 6.22. The molecule has 0 amide bonds. The third-order valence-electron chi connectivity index (χ3n) is 6.22. The van der Waals surface area contributed by atoms with Crippen LogP contribution in [0.3, 0.4) is 0 Å². The topological polar surface area (TPSA) is 93.7 Å². The number of para-hydroxylation sites is 1. The number of nitrogens with zero attached hydrogens (tertiary/aromatic N) is 3. The van der Waals surface area contributed by atoms with Crippen LogP contribution >= 0.6 is 0 Å². The number of rotatable bonds is 4. The molecule has 1 aliphatic rings. The summed E-state index contributed by atoms with van der Waals surface area (Å²) in [6, 6.07) is 10.5. The molecule has 2 heterocycles. The van der Waals surface area contributed by atoms with Crippen LogP contribution in [0.2, 0.25) is 0 Å². The minimum Gasteiger partial charge on any atom is -0.477 e. The fourth-order valence-corrected chi connectivity index (χ4v) is 4.28. The van der Waals surface area contributed by atoms with E-state index >= 15 is 0 Å². The van der Waals surface area contributed by atoms with E-state index in [4.69, 9.17) is 0 Å². The third kappa shape index (κ3) is 3.74. The summed E-state index contributed by atoms with van der Waals surface area (Å²) in [5.74, 6) is -1.55. The van der Waals surface area contributed by atoms with Gasteiger partial charge in [0.05, 0.1) is 23.3 Å². The molecule has 1 N–H and O–H groups in total. The lowest BCUT2D eigenvalue weighted by Crippen LogP contribution is -2.49. The van der Waals surface area contributed by atoms with E-state index < -0.39 is 46.6 Å². The van der Waals surface area contributed by atoms with Gasteiger partial charge in [0.15, 0.2) is 0 Å². The molecular formula is C24H20F3N3O4. The number of carbonyl (C=O) groups is 1. The van der Waals surface area contributed by atoms with Crippen LogP contribution in [0, 0.1) is 6.92 Å². The summed E-state index contributed by atoms with van der Waals surface area (Å²) in [7, 11) is 0. The molecule has 1 aromatic heterocycles. The van der Waals surface area contributed by atoms with Crippen molar-refractivity contribution >= 4 is 17.9 Å². The van der Waals surface area contributed by atoms with Crippen LogP contribution in [0.5, 0.6) is 0 Å². The Labute approximate surface area is 191 Å². The highest BCUT2D eigenvalue weighted by atomic mass is 19.4. The summed E-state index contributed by atoms with van der Waals surface area (Å²) < 4.78 is 41.9. The number of hydrogen-bond donors (Lipinski definition) is 1. The lowest BCUT2D eigenvalue weighted by atomic mass is 9.85. The second kappa shape index (κ2) is 8.12. The van der Waals surface area contributed by atoms with Gasteiger partial charge in [-0.3, -0.25) is 18.9 Å². The van der Waals surface area contributed by atoms with Gasteiger partial charge in [0.2, 0.25) is 0 Å². The zero-order valence-electron chi connectivity index (χ0n) is 18.3. The van der Waals surface area contributed by atoms with Crippen LogP contribution in [0.15, 0.2) is 63.2 Å². The number of aliphatic imine (C=N–C) groups is 1. The van der Waals surface area contributed by atoms with Gasteiger partial charge in [0.1, 0.15) is 5.56 Å². The van der Waals surface area contributed by atoms with Crippen LogP contribution < -0.4 is 11.2 Å². The largest absolute Gasteiger partial charge is 0.477 e. The van der Waals surface area contributed by atoms with Crippen molar-refractivity contribution in [1.82, 2.24) is 9.13 Å². The van der Waals surface area contributed by atoms with Gasteiger partial charge < -0.3 is 5.11 Å². The fourth-order valence-electron chi connectivity index (χ4n) is 4.28. The quantitative estimate of drug-likeness (QED) is 0.624. The Balaban J connectivity index is 1.96. The van der Waals surface area contributed by atoms with Crippen molar-refractivity contribution in [2.75, 3.05) is 0 Å². The molecule has 0 saturated carbocycles. The van der Waals surface area contributed by atoms with Crippen LogP contribution in [0.4, 0.5) is 18.9 Å². The van der Waals surface area contributed by atoms with Crippen molar-refractivity contribution in [2.24, 2.45) is 4.99 Å². The van der Waals surface area contributed by atoms with Gasteiger partial charge in [0, 0.05) is 24.4 Å². The van der Waals surface area contributed by atoms with E-state index in [2.05, 4.69) is 4.99 Å². The average Bonchev–Trinajstić information content (AvgIpc) is 2.77. The number of hydrogen-bond acceptors (Lipinski definition) is 4. The normalized spacial score (nSPS) is 17.4. The molecule has 10 heteroatoms. The molecule has 0 saturated heterocycles. The summed E-state index contributed by atoms with van der Waals surface area (Å²) in [6.45, 7) is 2.45. The minimum absolute atomic E-state index is 0.0823. The number of carboxylic acids is 1. The molecule has 0 bridgehead atoms. The number of alkyl halides is 3. The SMILES string of the molecule is Cc1c(Cn2c(=O)c(C(=O)O)cn(C3(C)CC=Nc4ccccc43)c2=O)cccc1C(F)(F)F. The van der Waals surface area contributed by atoms with Crippen molar-refractivity contribution < 1.29 is 23.1 Å². The number of halogens is 3. The maximum atomic E-state index is 13.5. The van der Waals surface area contributed by atoms with Crippen molar-refractivity contribution in [2.45, 2.75) is 38.5 Å². The van der Waals surface area contributed by atoms with Crippen LogP contribution in [-0.2, 0) is 18.3 Å². The van der Waals surface area contributed by atoms with E-state index in [0.29, 0.717) is 15.8 Å². The van der Waals surface area contributed by atoms with E-state index in [-0.39, 0.29) is 17.5 Å². The molecule has 0 spiro atoms. The molecule has 4 rings (SSSR count). The molecule has 0 fully saturated rings.